The fourth-order valence-corrected chi connectivity index (χ4v) is 2.78. The van der Waals surface area contributed by atoms with E-state index in [-0.39, 0.29) is 35.7 Å². The van der Waals surface area contributed by atoms with Crippen molar-refractivity contribution >= 4 is 23.7 Å². The molecule has 1 aliphatic heterocycles. The van der Waals surface area contributed by atoms with Gasteiger partial charge >= 0.3 is 11.7 Å². The number of hydrogen-bond acceptors (Lipinski definition) is 6. The van der Waals surface area contributed by atoms with Crippen molar-refractivity contribution in [3.63, 3.8) is 0 Å². The maximum absolute atomic E-state index is 13.8. The van der Waals surface area contributed by atoms with Gasteiger partial charge in [-0.3, -0.25) is 19.8 Å². The summed E-state index contributed by atoms with van der Waals surface area (Å²) in [4.78, 5) is 35.9. The first-order valence-electron chi connectivity index (χ1n) is 8.54. The van der Waals surface area contributed by atoms with Crippen LogP contribution in [0.4, 0.5) is 14.9 Å². The average Bonchev–Trinajstić information content (AvgIpc) is 2.93. The molecule has 1 saturated heterocycles. The fourth-order valence-electron chi connectivity index (χ4n) is 2.78. The molecule has 0 radical (unpaired) electrons. The largest absolute Gasteiger partial charge is 0.500 e. The number of nitro groups is 1. The number of nitrogens with one attached hydrogen (secondary N) is 1. The van der Waals surface area contributed by atoms with Gasteiger partial charge in [0.2, 0.25) is 5.75 Å². The average molecular weight is 401 g/mol. The van der Waals surface area contributed by atoms with Crippen LogP contribution < -0.4 is 10.1 Å². The lowest BCUT2D eigenvalue weighted by Gasteiger charge is -2.12. The Morgan fingerprint density at radius 3 is 2.69 bits per heavy atom. The fraction of sp³-hybridized carbons (Fsp3) is 0.158. The highest BCUT2D eigenvalue weighted by atomic mass is 19.1. The monoisotopic (exact) mass is 401 g/mol. The number of imide groups is 1. The normalized spacial score (nSPS) is 15.0. The van der Waals surface area contributed by atoms with Gasteiger partial charge in [0.05, 0.1) is 18.1 Å². The van der Waals surface area contributed by atoms with Crippen molar-refractivity contribution < 1.29 is 28.7 Å². The van der Waals surface area contributed by atoms with Crippen LogP contribution in [0.3, 0.4) is 0 Å². The number of urea groups is 1. The summed E-state index contributed by atoms with van der Waals surface area (Å²) >= 11 is 0. The van der Waals surface area contributed by atoms with Crippen molar-refractivity contribution in [2.24, 2.45) is 0 Å². The summed E-state index contributed by atoms with van der Waals surface area (Å²) in [5.41, 5.74) is -0.429. The Hall–Kier alpha value is -3.95. The van der Waals surface area contributed by atoms with E-state index in [0.29, 0.717) is 0 Å². The van der Waals surface area contributed by atoms with E-state index in [1.165, 1.54) is 30.3 Å². The first kappa shape index (κ1) is 19.8. The number of carbonyl (C=O) groups is 2. The second-order valence-electron chi connectivity index (χ2n) is 6.05. The summed E-state index contributed by atoms with van der Waals surface area (Å²) in [6.07, 6.45) is 1.22. The number of amides is 3. The molecule has 10 heteroatoms. The van der Waals surface area contributed by atoms with Gasteiger partial charge in [-0.1, -0.05) is 18.2 Å². The minimum absolute atomic E-state index is 0.131. The van der Waals surface area contributed by atoms with E-state index < -0.39 is 34.1 Å². The number of phenolic OH excluding ortho intramolecular Hbond substituents is 1. The Bertz CT molecular complexity index is 1040. The third-order valence-corrected chi connectivity index (χ3v) is 4.13. The number of benzene rings is 2. The number of carbonyl (C=O) groups excluding carboxylic acids is 2. The van der Waals surface area contributed by atoms with Crippen LogP contribution in [0, 0.1) is 15.9 Å². The van der Waals surface area contributed by atoms with Gasteiger partial charge in [0.15, 0.2) is 5.75 Å². The Balaban J connectivity index is 1.93. The second-order valence-corrected chi connectivity index (χ2v) is 6.05. The molecule has 1 fully saturated rings. The van der Waals surface area contributed by atoms with Gasteiger partial charge in [-0.2, -0.15) is 0 Å². The van der Waals surface area contributed by atoms with Crippen LogP contribution in [0.15, 0.2) is 42.1 Å². The SMILES string of the molecule is CCOc1cc(/C=C2/NC(=O)N(Cc3ccccc3F)C2=O)cc([N+](=O)[O-])c1O. The summed E-state index contributed by atoms with van der Waals surface area (Å²) in [5, 5.41) is 23.5. The Morgan fingerprint density at radius 2 is 2.03 bits per heavy atom. The van der Waals surface area contributed by atoms with Crippen molar-refractivity contribution in [1.82, 2.24) is 10.2 Å². The van der Waals surface area contributed by atoms with Crippen LogP contribution in [-0.4, -0.2) is 33.5 Å². The van der Waals surface area contributed by atoms with Crippen LogP contribution >= 0.6 is 0 Å². The molecule has 3 amide bonds. The van der Waals surface area contributed by atoms with Crippen LogP contribution in [0.25, 0.3) is 6.08 Å². The van der Waals surface area contributed by atoms with Gasteiger partial charge in [0.25, 0.3) is 5.91 Å². The highest BCUT2D eigenvalue weighted by Crippen LogP contribution is 2.37. The zero-order valence-corrected chi connectivity index (χ0v) is 15.2. The highest BCUT2D eigenvalue weighted by Gasteiger charge is 2.34. The number of rotatable bonds is 6. The molecule has 0 spiro atoms. The standard InChI is InChI=1S/C19H16FN3O6/c1-2-29-16-9-11(8-15(17(16)24)23(27)28)7-14-18(25)22(19(26)21-14)10-12-5-3-4-6-13(12)20/h3-9,24H,2,10H2,1H3,(H,21,26)/b14-7+. The minimum Gasteiger partial charge on any atom is -0.500 e. The maximum Gasteiger partial charge on any atom is 0.329 e. The summed E-state index contributed by atoms with van der Waals surface area (Å²) in [6, 6.07) is 7.34. The van der Waals surface area contributed by atoms with Crippen LogP contribution in [0.2, 0.25) is 0 Å². The van der Waals surface area contributed by atoms with E-state index in [4.69, 9.17) is 4.74 Å². The minimum atomic E-state index is -0.792. The first-order valence-corrected chi connectivity index (χ1v) is 8.54. The Kier molecular flexibility index (Phi) is 5.44. The van der Waals surface area contributed by atoms with E-state index in [1.54, 1.807) is 13.0 Å². The second kappa shape index (κ2) is 7.97. The predicted octanol–water partition coefficient (Wildman–Crippen LogP) is 2.93. The molecule has 9 nitrogen and oxygen atoms in total. The molecule has 1 aliphatic rings. The summed E-state index contributed by atoms with van der Waals surface area (Å²) in [6.45, 7) is 1.52. The molecule has 29 heavy (non-hydrogen) atoms. The Morgan fingerprint density at radius 1 is 1.31 bits per heavy atom. The van der Waals surface area contributed by atoms with Crippen LogP contribution in [0.5, 0.6) is 11.5 Å². The summed E-state index contributed by atoms with van der Waals surface area (Å²) in [7, 11) is 0. The summed E-state index contributed by atoms with van der Waals surface area (Å²) < 4.78 is 19.0. The molecule has 0 unspecified atom stereocenters. The molecule has 0 bridgehead atoms. The van der Waals surface area contributed by atoms with Crippen molar-refractivity contribution in [2.45, 2.75) is 13.5 Å². The molecule has 1 heterocycles. The molecule has 2 N–H and O–H groups in total. The first-order chi connectivity index (χ1) is 13.8. The van der Waals surface area contributed by atoms with Gasteiger partial charge in [-0.15, -0.1) is 0 Å². The van der Waals surface area contributed by atoms with E-state index in [9.17, 15) is 29.2 Å². The lowest BCUT2D eigenvalue weighted by atomic mass is 10.1. The third kappa shape index (κ3) is 4.00. The Labute approximate surface area is 164 Å². The van der Waals surface area contributed by atoms with Crippen molar-refractivity contribution in [3.05, 3.63) is 69.2 Å². The predicted molar refractivity (Wildman–Crippen MR) is 99.4 cm³/mol. The lowest BCUT2D eigenvalue weighted by Crippen LogP contribution is -2.30. The van der Waals surface area contributed by atoms with Crippen LogP contribution in [-0.2, 0) is 11.3 Å². The smallest absolute Gasteiger partial charge is 0.329 e. The number of hydrogen-bond donors (Lipinski definition) is 2. The molecule has 2 aromatic rings. The molecular weight excluding hydrogens is 385 g/mol. The molecule has 3 rings (SSSR count). The van der Waals surface area contributed by atoms with E-state index in [0.717, 1.165) is 11.0 Å². The molecule has 0 saturated carbocycles. The number of nitro benzene ring substituents is 1. The van der Waals surface area contributed by atoms with Crippen LogP contribution in [0.1, 0.15) is 18.1 Å². The van der Waals surface area contributed by atoms with Gasteiger partial charge in [-0.25, -0.2) is 9.18 Å². The quantitative estimate of drug-likeness (QED) is 0.332. The van der Waals surface area contributed by atoms with E-state index in [1.807, 2.05) is 0 Å². The van der Waals surface area contributed by atoms with E-state index in [2.05, 4.69) is 5.32 Å². The van der Waals surface area contributed by atoms with Crippen molar-refractivity contribution in [3.8, 4) is 11.5 Å². The lowest BCUT2D eigenvalue weighted by molar-refractivity contribution is -0.386. The van der Waals surface area contributed by atoms with E-state index >= 15 is 0 Å². The van der Waals surface area contributed by atoms with Crippen molar-refractivity contribution in [1.29, 1.82) is 0 Å². The van der Waals surface area contributed by atoms with Gasteiger partial charge in [0, 0.05) is 11.6 Å². The van der Waals surface area contributed by atoms with Gasteiger partial charge in [0.1, 0.15) is 11.5 Å². The molecular formula is C19H16FN3O6. The molecule has 0 aromatic heterocycles. The van der Waals surface area contributed by atoms with Gasteiger partial charge in [-0.05, 0) is 30.7 Å². The molecule has 0 atom stereocenters. The number of ether oxygens (including phenoxy) is 1. The number of aromatic hydroxyl groups is 1. The number of phenols is 1. The maximum atomic E-state index is 13.8. The molecule has 2 aromatic carbocycles. The molecule has 0 aliphatic carbocycles. The third-order valence-electron chi connectivity index (χ3n) is 4.13. The number of nitrogens with zero attached hydrogens (tertiary/aromatic N) is 2. The zero-order chi connectivity index (χ0) is 21.1. The summed E-state index contributed by atoms with van der Waals surface area (Å²) in [5.74, 6) is -2.04. The zero-order valence-electron chi connectivity index (χ0n) is 15.2. The highest BCUT2D eigenvalue weighted by molar-refractivity contribution is 6.13. The van der Waals surface area contributed by atoms with Gasteiger partial charge < -0.3 is 15.2 Å². The topological polar surface area (TPSA) is 122 Å². The van der Waals surface area contributed by atoms with Crippen molar-refractivity contribution in [2.75, 3.05) is 6.61 Å². The number of halogens is 1. The molecule has 150 valence electrons.